The molecule has 0 aliphatic carbocycles. The number of nitrogens with zero attached hydrogens (tertiary/aromatic N) is 2. The maximum absolute atomic E-state index is 13.0. The van der Waals surface area contributed by atoms with Crippen molar-refractivity contribution in [1.82, 2.24) is 9.73 Å². The van der Waals surface area contributed by atoms with E-state index < -0.39 is 38.7 Å². The van der Waals surface area contributed by atoms with Crippen LogP contribution in [0.3, 0.4) is 0 Å². The first-order valence-corrected chi connectivity index (χ1v) is 12.3. The lowest BCUT2D eigenvalue weighted by Crippen LogP contribution is -2.43. The lowest BCUT2D eigenvalue weighted by atomic mass is 9.86. The molecule has 0 spiro atoms. The Hall–Kier alpha value is -3.08. The molecule has 1 aliphatic heterocycles. The number of carbonyl (C=O) groups excluding carboxylic acids is 1. The molecule has 0 saturated carbocycles. The number of sulfonamides is 1. The quantitative estimate of drug-likeness (QED) is 0.422. The van der Waals surface area contributed by atoms with Gasteiger partial charge in [0.1, 0.15) is 0 Å². The summed E-state index contributed by atoms with van der Waals surface area (Å²) in [5.74, 6) is -0.364. The molecule has 4 rings (SSSR count). The van der Waals surface area contributed by atoms with Crippen LogP contribution in [0, 0.1) is 0 Å². The van der Waals surface area contributed by atoms with Gasteiger partial charge in [0.15, 0.2) is 0 Å². The molecule has 0 aromatic heterocycles. The highest BCUT2D eigenvalue weighted by atomic mass is 35.5. The highest BCUT2D eigenvalue weighted by molar-refractivity contribution is 7.90. The van der Waals surface area contributed by atoms with Crippen LogP contribution in [0.15, 0.2) is 88.9 Å². The van der Waals surface area contributed by atoms with Crippen molar-refractivity contribution >= 4 is 45.8 Å². The number of rotatable bonds is 4. The number of amides is 2. The van der Waals surface area contributed by atoms with Crippen molar-refractivity contribution in [2.75, 3.05) is 0 Å². The molecule has 0 saturated heterocycles. The standard InChI is InChI=1S/C24H19ClF3N3O3S.ClH/c1-15-21(16-5-3-2-4-6-16)22(17-7-11-19(25)12-8-17)29-31(15)23(32)30-35(33,34)20-13-9-18(10-14-20)24(26,27)28;/h2-15,21H,1H3,(H,30,32);1H/t15-,21-;/m1./s1. The van der Waals surface area contributed by atoms with E-state index in [2.05, 4.69) is 5.10 Å². The number of urea groups is 1. The minimum absolute atomic E-state index is 0. The summed E-state index contributed by atoms with van der Waals surface area (Å²) in [6.45, 7) is 1.73. The zero-order chi connectivity index (χ0) is 25.4. The Balaban J connectivity index is 0.00000361. The summed E-state index contributed by atoms with van der Waals surface area (Å²) < 4.78 is 65.7. The van der Waals surface area contributed by atoms with Gasteiger partial charge in [0.25, 0.3) is 10.0 Å². The molecule has 0 fully saturated rings. The average Bonchev–Trinajstić information content (AvgIpc) is 3.16. The lowest BCUT2D eigenvalue weighted by Gasteiger charge is -2.23. The molecule has 1 aliphatic rings. The van der Waals surface area contributed by atoms with E-state index in [0.29, 0.717) is 28.4 Å². The predicted molar refractivity (Wildman–Crippen MR) is 133 cm³/mol. The summed E-state index contributed by atoms with van der Waals surface area (Å²) in [6, 6.07) is 17.5. The van der Waals surface area contributed by atoms with Gasteiger partial charge in [-0.3, -0.25) is 0 Å². The normalized spacial score (nSPS) is 17.8. The Morgan fingerprint density at radius 1 is 0.972 bits per heavy atom. The molecular weight excluding hydrogens is 538 g/mol. The fourth-order valence-corrected chi connectivity index (χ4v) is 4.93. The summed E-state index contributed by atoms with van der Waals surface area (Å²) in [5.41, 5.74) is 1.12. The molecule has 2 amide bonds. The first-order chi connectivity index (χ1) is 16.5. The smallest absolute Gasteiger partial charge is 0.246 e. The number of hydrogen-bond acceptors (Lipinski definition) is 4. The molecule has 6 nitrogen and oxygen atoms in total. The molecular formula is C24H20Cl2F3N3O3S. The molecule has 1 heterocycles. The number of halogens is 5. The van der Waals surface area contributed by atoms with E-state index in [0.717, 1.165) is 22.7 Å². The molecule has 3 aromatic carbocycles. The number of hydrazone groups is 1. The van der Waals surface area contributed by atoms with Crippen molar-refractivity contribution in [2.45, 2.75) is 30.0 Å². The molecule has 0 radical (unpaired) electrons. The first kappa shape index (κ1) is 27.5. The second kappa shape index (κ2) is 10.5. The second-order valence-electron chi connectivity index (χ2n) is 7.90. The van der Waals surface area contributed by atoms with E-state index in [-0.39, 0.29) is 18.3 Å². The van der Waals surface area contributed by atoms with E-state index in [1.165, 1.54) is 0 Å². The van der Waals surface area contributed by atoms with Gasteiger partial charge in [0, 0.05) is 5.02 Å². The van der Waals surface area contributed by atoms with Crippen molar-refractivity contribution < 1.29 is 26.4 Å². The van der Waals surface area contributed by atoms with Gasteiger partial charge < -0.3 is 0 Å². The van der Waals surface area contributed by atoms with Crippen LogP contribution in [0.5, 0.6) is 0 Å². The summed E-state index contributed by atoms with van der Waals surface area (Å²) in [6.07, 6.45) is -4.62. The van der Waals surface area contributed by atoms with Crippen LogP contribution in [0.4, 0.5) is 18.0 Å². The molecule has 1 N–H and O–H groups in total. The van der Waals surface area contributed by atoms with E-state index in [1.54, 1.807) is 31.2 Å². The van der Waals surface area contributed by atoms with E-state index in [1.807, 2.05) is 35.1 Å². The van der Waals surface area contributed by atoms with Crippen molar-refractivity contribution in [3.8, 4) is 0 Å². The van der Waals surface area contributed by atoms with Gasteiger partial charge in [-0.05, 0) is 54.4 Å². The Morgan fingerprint density at radius 3 is 2.11 bits per heavy atom. The Kier molecular flexibility index (Phi) is 8.02. The van der Waals surface area contributed by atoms with Gasteiger partial charge in [-0.25, -0.2) is 22.9 Å². The van der Waals surface area contributed by atoms with Crippen molar-refractivity contribution in [2.24, 2.45) is 5.10 Å². The van der Waals surface area contributed by atoms with E-state index >= 15 is 0 Å². The van der Waals surface area contributed by atoms with Crippen LogP contribution in [-0.4, -0.2) is 31.2 Å². The Bertz CT molecular complexity index is 1370. The van der Waals surface area contributed by atoms with Crippen LogP contribution in [0.25, 0.3) is 0 Å². The average molecular weight is 558 g/mol. The summed E-state index contributed by atoms with van der Waals surface area (Å²) in [5, 5.41) is 5.99. The fourth-order valence-electron chi connectivity index (χ4n) is 3.87. The topological polar surface area (TPSA) is 78.8 Å². The zero-order valence-electron chi connectivity index (χ0n) is 18.6. The van der Waals surface area contributed by atoms with Crippen molar-refractivity contribution in [1.29, 1.82) is 0 Å². The number of hydrogen-bond donors (Lipinski definition) is 1. The SMILES string of the molecule is C[C@@H]1[C@H](c2ccccc2)C(c2ccc(Cl)cc2)=NN1C(=O)NS(=O)(=O)c1ccc(C(F)(F)F)cc1.Cl. The van der Waals surface area contributed by atoms with Crippen LogP contribution in [-0.2, 0) is 16.2 Å². The maximum atomic E-state index is 13.0. The number of benzene rings is 3. The van der Waals surface area contributed by atoms with Gasteiger partial charge in [-0.15, -0.1) is 12.4 Å². The summed E-state index contributed by atoms with van der Waals surface area (Å²) >= 11 is 6.00. The predicted octanol–water partition coefficient (Wildman–Crippen LogP) is 6.07. The lowest BCUT2D eigenvalue weighted by molar-refractivity contribution is -0.137. The molecule has 190 valence electrons. The maximum Gasteiger partial charge on any atom is 0.416 e. The fraction of sp³-hybridized carbons (Fsp3) is 0.167. The third kappa shape index (κ3) is 5.66. The van der Waals surface area contributed by atoms with E-state index in [9.17, 15) is 26.4 Å². The van der Waals surface area contributed by atoms with Crippen LogP contribution >= 0.6 is 24.0 Å². The van der Waals surface area contributed by atoms with E-state index in [4.69, 9.17) is 11.6 Å². The highest BCUT2D eigenvalue weighted by Gasteiger charge is 2.40. The van der Waals surface area contributed by atoms with Gasteiger partial charge in [-0.1, -0.05) is 54.1 Å². The molecule has 3 aromatic rings. The Morgan fingerprint density at radius 2 is 1.56 bits per heavy atom. The van der Waals surface area contributed by atoms with Gasteiger partial charge in [0.05, 0.1) is 28.1 Å². The third-order valence-corrected chi connectivity index (χ3v) is 7.19. The minimum atomic E-state index is -4.62. The first-order valence-electron chi connectivity index (χ1n) is 10.4. The van der Waals surface area contributed by atoms with Crippen LogP contribution in [0.1, 0.15) is 29.5 Å². The molecule has 36 heavy (non-hydrogen) atoms. The van der Waals surface area contributed by atoms with Gasteiger partial charge in [-0.2, -0.15) is 18.3 Å². The molecule has 2 atom stereocenters. The van der Waals surface area contributed by atoms with Gasteiger partial charge in [0.2, 0.25) is 0 Å². The highest BCUT2D eigenvalue weighted by Crippen LogP contribution is 2.35. The van der Waals surface area contributed by atoms with Crippen LogP contribution in [0.2, 0.25) is 5.02 Å². The summed E-state index contributed by atoms with van der Waals surface area (Å²) in [4.78, 5) is 12.5. The zero-order valence-corrected chi connectivity index (χ0v) is 21.0. The number of nitrogens with one attached hydrogen (secondary N) is 1. The third-order valence-electron chi connectivity index (χ3n) is 5.60. The molecule has 12 heteroatoms. The number of carbonyl (C=O) groups is 1. The summed E-state index contributed by atoms with van der Waals surface area (Å²) in [7, 11) is -4.45. The second-order valence-corrected chi connectivity index (χ2v) is 10.0. The van der Waals surface area contributed by atoms with Gasteiger partial charge >= 0.3 is 12.2 Å². The van der Waals surface area contributed by atoms with Crippen molar-refractivity contribution in [3.63, 3.8) is 0 Å². The van der Waals surface area contributed by atoms with Crippen molar-refractivity contribution in [3.05, 3.63) is 101 Å². The molecule has 0 bridgehead atoms. The van der Waals surface area contributed by atoms with Crippen LogP contribution < -0.4 is 4.72 Å². The monoisotopic (exact) mass is 557 g/mol. The Labute approximate surface area is 217 Å². The molecule has 0 unspecified atom stereocenters. The number of alkyl halides is 3. The minimum Gasteiger partial charge on any atom is -0.246 e. The largest absolute Gasteiger partial charge is 0.416 e.